The smallest absolute Gasteiger partial charge is 0.295 e. The summed E-state index contributed by atoms with van der Waals surface area (Å²) in [7, 11) is 0. The number of piperidine rings is 1. The largest absolute Gasteiger partial charge is 0.424 e. The minimum absolute atomic E-state index is 0. The Morgan fingerprint density at radius 3 is 2.64 bits per heavy atom. The van der Waals surface area contributed by atoms with Crippen LogP contribution in [-0.2, 0) is 6.42 Å². The van der Waals surface area contributed by atoms with Crippen LogP contribution >= 0.6 is 12.4 Å². The summed E-state index contributed by atoms with van der Waals surface area (Å²) in [4.78, 5) is 4.65. The van der Waals surface area contributed by atoms with Gasteiger partial charge in [0.2, 0.25) is 0 Å². The lowest BCUT2D eigenvalue weighted by atomic mass is 10.00. The first-order chi connectivity index (χ1) is 13.3. The van der Waals surface area contributed by atoms with Crippen LogP contribution in [0.2, 0.25) is 0 Å². The topological polar surface area (TPSA) is 50.1 Å². The van der Waals surface area contributed by atoms with Crippen molar-refractivity contribution >= 4 is 29.5 Å². The number of halogens is 1. The van der Waals surface area contributed by atoms with E-state index in [1.54, 1.807) is 0 Å². The fraction of sp³-hybridized carbons (Fsp3) is 0.696. The maximum Gasteiger partial charge on any atom is 0.295 e. The molecule has 0 bridgehead atoms. The minimum Gasteiger partial charge on any atom is -0.424 e. The number of fused-ring (bicyclic) bond motifs is 1. The number of hydrogen-bond acceptors (Lipinski definition) is 4. The summed E-state index contributed by atoms with van der Waals surface area (Å²) in [6, 6.07) is 7.15. The van der Waals surface area contributed by atoms with Crippen LogP contribution in [0.1, 0.15) is 76.7 Å². The highest BCUT2D eigenvalue weighted by Crippen LogP contribution is 2.22. The van der Waals surface area contributed by atoms with E-state index in [0.29, 0.717) is 11.9 Å². The van der Waals surface area contributed by atoms with Gasteiger partial charge in [-0.25, -0.2) is 0 Å². The Hall–Kier alpha value is -1.26. The number of nitrogens with one attached hydrogen (secondary N) is 2. The van der Waals surface area contributed by atoms with Crippen LogP contribution < -0.4 is 10.6 Å². The highest BCUT2D eigenvalue weighted by Gasteiger charge is 2.14. The molecule has 28 heavy (non-hydrogen) atoms. The lowest BCUT2D eigenvalue weighted by molar-refractivity contribution is 0.390. The van der Waals surface area contributed by atoms with Gasteiger partial charge in [-0.2, -0.15) is 4.98 Å². The van der Waals surface area contributed by atoms with Crippen LogP contribution in [-0.4, -0.2) is 24.6 Å². The van der Waals surface area contributed by atoms with Crippen LogP contribution in [0.25, 0.3) is 11.1 Å². The van der Waals surface area contributed by atoms with Crippen molar-refractivity contribution in [1.82, 2.24) is 10.3 Å². The number of oxazole rings is 1. The van der Waals surface area contributed by atoms with Crippen molar-refractivity contribution < 1.29 is 4.42 Å². The van der Waals surface area contributed by atoms with Gasteiger partial charge in [0.15, 0.2) is 5.58 Å². The van der Waals surface area contributed by atoms with Crippen molar-refractivity contribution in [2.45, 2.75) is 77.6 Å². The van der Waals surface area contributed by atoms with Crippen molar-refractivity contribution in [3.63, 3.8) is 0 Å². The third-order valence-corrected chi connectivity index (χ3v) is 5.71. The van der Waals surface area contributed by atoms with E-state index in [9.17, 15) is 0 Å². The predicted octanol–water partition coefficient (Wildman–Crippen LogP) is 6.34. The van der Waals surface area contributed by atoms with E-state index >= 15 is 0 Å². The molecule has 1 atom stereocenters. The molecule has 1 saturated heterocycles. The first kappa shape index (κ1) is 23.0. The number of nitrogens with zero attached hydrogens (tertiary/aromatic N) is 1. The van der Waals surface area contributed by atoms with Crippen LogP contribution in [0.3, 0.4) is 0 Å². The van der Waals surface area contributed by atoms with Gasteiger partial charge < -0.3 is 15.1 Å². The molecule has 1 fully saturated rings. The Morgan fingerprint density at radius 1 is 1.11 bits per heavy atom. The second-order valence-corrected chi connectivity index (χ2v) is 8.14. The van der Waals surface area contributed by atoms with Gasteiger partial charge in [0.1, 0.15) is 5.52 Å². The first-order valence-electron chi connectivity index (χ1n) is 11.2. The van der Waals surface area contributed by atoms with E-state index in [2.05, 4.69) is 40.7 Å². The molecular formula is C23H38ClN3O. The van der Waals surface area contributed by atoms with Crippen molar-refractivity contribution in [2.75, 3.05) is 25.0 Å². The van der Waals surface area contributed by atoms with E-state index in [1.807, 2.05) is 0 Å². The molecule has 1 aliphatic heterocycles. The van der Waals surface area contributed by atoms with E-state index in [0.717, 1.165) is 37.2 Å². The lowest BCUT2D eigenvalue weighted by Crippen LogP contribution is -2.33. The van der Waals surface area contributed by atoms with Gasteiger partial charge in [-0.1, -0.05) is 57.9 Å². The lowest BCUT2D eigenvalue weighted by Gasteiger charge is -2.22. The van der Waals surface area contributed by atoms with E-state index < -0.39 is 0 Å². The number of rotatable bonds is 12. The Bertz CT molecular complexity index is 667. The number of benzene rings is 1. The van der Waals surface area contributed by atoms with Crippen LogP contribution in [0, 0.1) is 5.92 Å². The summed E-state index contributed by atoms with van der Waals surface area (Å²) in [5, 5.41) is 6.84. The first-order valence-corrected chi connectivity index (χ1v) is 11.2. The quantitative estimate of drug-likeness (QED) is 0.403. The molecule has 0 radical (unpaired) electrons. The summed E-state index contributed by atoms with van der Waals surface area (Å²) in [5.41, 5.74) is 3.25. The second-order valence-electron chi connectivity index (χ2n) is 8.14. The average Bonchev–Trinajstić information content (AvgIpc) is 3.11. The van der Waals surface area contributed by atoms with Crippen molar-refractivity contribution in [3.8, 4) is 0 Å². The molecule has 2 aromatic rings. The molecule has 4 nitrogen and oxygen atoms in total. The number of aryl methyl sites for hydroxylation is 1. The fourth-order valence-corrected chi connectivity index (χ4v) is 4.00. The fourth-order valence-electron chi connectivity index (χ4n) is 4.00. The molecule has 5 heteroatoms. The van der Waals surface area contributed by atoms with Gasteiger partial charge in [0, 0.05) is 6.54 Å². The highest BCUT2D eigenvalue weighted by atomic mass is 35.5. The van der Waals surface area contributed by atoms with E-state index in [1.165, 1.54) is 69.8 Å². The average molecular weight is 408 g/mol. The molecule has 0 unspecified atom stereocenters. The third-order valence-electron chi connectivity index (χ3n) is 5.71. The summed E-state index contributed by atoms with van der Waals surface area (Å²) in [6.07, 6.45) is 14.6. The zero-order valence-electron chi connectivity index (χ0n) is 17.5. The zero-order chi connectivity index (χ0) is 18.7. The Labute approximate surface area is 176 Å². The van der Waals surface area contributed by atoms with Gasteiger partial charge in [-0.05, 0) is 62.4 Å². The monoisotopic (exact) mass is 407 g/mol. The predicted molar refractivity (Wildman–Crippen MR) is 122 cm³/mol. The molecule has 158 valence electrons. The Morgan fingerprint density at radius 2 is 1.89 bits per heavy atom. The molecule has 2 N–H and O–H groups in total. The van der Waals surface area contributed by atoms with Gasteiger partial charge in [-0.15, -0.1) is 12.4 Å². The molecule has 1 aromatic carbocycles. The van der Waals surface area contributed by atoms with Gasteiger partial charge in [0.25, 0.3) is 6.01 Å². The highest BCUT2D eigenvalue weighted by molar-refractivity contribution is 5.85. The second kappa shape index (κ2) is 13.1. The van der Waals surface area contributed by atoms with Crippen LogP contribution in [0.5, 0.6) is 0 Å². The molecule has 0 saturated carbocycles. The maximum atomic E-state index is 5.86. The number of hydrogen-bond donors (Lipinski definition) is 2. The van der Waals surface area contributed by atoms with Crippen molar-refractivity contribution in [2.24, 2.45) is 5.92 Å². The summed E-state index contributed by atoms with van der Waals surface area (Å²) < 4.78 is 5.86. The summed E-state index contributed by atoms with van der Waals surface area (Å²) >= 11 is 0. The molecule has 3 rings (SSSR count). The van der Waals surface area contributed by atoms with Crippen molar-refractivity contribution in [3.05, 3.63) is 23.8 Å². The van der Waals surface area contributed by atoms with Gasteiger partial charge >= 0.3 is 0 Å². The minimum atomic E-state index is 0. The SMILES string of the molecule is CCCCCCCCCCc1ccc2oc(NC[C@@H]3CCCNC3)nc2c1.Cl. The van der Waals surface area contributed by atoms with Crippen LogP contribution in [0.15, 0.2) is 22.6 Å². The standard InChI is InChI=1S/C23H37N3O.ClH/c1-2-3-4-5-6-7-8-9-11-19-13-14-22-21(16-19)26-23(27-22)25-18-20-12-10-15-24-17-20;/h13-14,16,20,24H,2-12,15,17-18H2,1H3,(H,25,26);1H/t20-;/m1./s1. The van der Waals surface area contributed by atoms with E-state index in [4.69, 9.17) is 4.42 Å². The number of unbranched alkanes of at least 4 members (excludes halogenated alkanes) is 7. The number of aromatic nitrogens is 1. The molecule has 2 heterocycles. The summed E-state index contributed by atoms with van der Waals surface area (Å²) in [6.45, 7) is 5.46. The molecule has 0 aliphatic carbocycles. The Kier molecular flexibility index (Phi) is 10.7. The molecular weight excluding hydrogens is 370 g/mol. The zero-order valence-corrected chi connectivity index (χ0v) is 18.3. The molecule has 1 aromatic heterocycles. The number of anilines is 1. The molecule has 1 aliphatic rings. The molecule has 0 spiro atoms. The Balaban J connectivity index is 0.00000280. The maximum absolute atomic E-state index is 5.86. The normalized spacial score (nSPS) is 16.8. The van der Waals surface area contributed by atoms with Gasteiger partial charge in [-0.3, -0.25) is 0 Å². The third kappa shape index (κ3) is 7.63. The van der Waals surface area contributed by atoms with E-state index in [-0.39, 0.29) is 12.4 Å². The van der Waals surface area contributed by atoms with Crippen LogP contribution in [0.4, 0.5) is 6.01 Å². The van der Waals surface area contributed by atoms with Gasteiger partial charge in [0.05, 0.1) is 0 Å². The van der Waals surface area contributed by atoms with Crippen molar-refractivity contribution in [1.29, 1.82) is 0 Å². The molecule has 0 amide bonds. The summed E-state index contributed by atoms with van der Waals surface area (Å²) in [5.74, 6) is 0.672.